The molecule has 2 aliphatic heterocycles. The van der Waals surface area contributed by atoms with Crippen LogP contribution in [0.2, 0.25) is 0 Å². The standard InChI is InChI=1S/C13H24N2O2/c1-17-10-11-4-8-15(9-5-11)13(16)12-2-6-14-7-3-12/h11-12,14H,2-10H2,1H3. The van der Waals surface area contributed by atoms with E-state index in [9.17, 15) is 4.79 Å². The molecule has 2 aliphatic rings. The zero-order valence-electron chi connectivity index (χ0n) is 10.8. The van der Waals surface area contributed by atoms with Gasteiger partial charge in [-0.05, 0) is 44.7 Å². The van der Waals surface area contributed by atoms with Gasteiger partial charge in [-0.1, -0.05) is 0 Å². The molecule has 0 bridgehead atoms. The fourth-order valence-electron chi connectivity index (χ4n) is 2.88. The van der Waals surface area contributed by atoms with Crippen molar-refractivity contribution in [3.05, 3.63) is 0 Å². The van der Waals surface area contributed by atoms with Crippen LogP contribution >= 0.6 is 0 Å². The van der Waals surface area contributed by atoms with E-state index in [2.05, 4.69) is 10.2 Å². The lowest BCUT2D eigenvalue weighted by Gasteiger charge is -2.35. The van der Waals surface area contributed by atoms with E-state index in [1.807, 2.05) is 0 Å². The Balaban J connectivity index is 1.77. The molecule has 98 valence electrons. The van der Waals surface area contributed by atoms with Gasteiger partial charge in [-0.2, -0.15) is 0 Å². The summed E-state index contributed by atoms with van der Waals surface area (Å²) in [6.45, 7) is 4.69. The molecule has 2 rings (SSSR count). The van der Waals surface area contributed by atoms with Gasteiger partial charge in [-0.3, -0.25) is 4.79 Å². The number of piperidine rings is 2. The highest BCUT2D eigenvalue weighted by Crippen LogP contribution is 2.21. The number of carbonyl (C=O) groups excluding carboxylic acids is 1. The molecule has 0 saturated carbocycles. The van der Waals surface area contributed by atoms with Crippen molar-refractivity contribution < 1.29 is 9.53 Å². The van der Waals surface area contributed by atoms with Crippen LogP contribution in [-0.4, -0.2) is 50.7 Å². The van der Waals surface area contributed by atoms with E-state index in [0.29, 0.717) is 11.8 Å². The van der Waals surface area contributed by atoms with Crippen molar-refractivity contribution in [2.24, 2.45) is 11.8 Å². The lowest BCUT2D eigenvalue weighted by atomic mass is 9.93. The Hall–Kier alpha value is -0.610. The predicted molar refractivity (Wildman–Crippen MR) is 66.8 cm³/mol. The monoisotopic (exact) mass is 240 g/mol. The van der Waals surface area contributed by atoms with Gasteiger partial charge in [0.25, 0.3) is 0 Å². The van der Waals surface area contributed by atoms with Gasteiger partial charge in [-0.25, -0.2) is 0 Å². The normalized spacial score (nSPS) is 23.9. The number of nitrogens with zero attached hydrogens (tertiary/aromatic N) is 1. The highest BCUT2D eigenvalue weighted by atomic mass is 16.5. The molecule has 0 aliphatic carbocycles. The molecule has 4 heteroatoms. The molecule has 0 aromatic rings. The van der Waals surface area contributed by atoms with E-state index in [4.69, 9.17) is 4.74 Å². The van der Waals surface area contributed by atoms with E-state index in [1.54, 1.807) is 7.11 Å². The summed E-state index contributed by atoms with van der Waals surface area (Å²) in [5.74, 6) is 1.31. The van der Waals surface area contributed by atoms with Crippen LogP contribution in [0.5, 0.6) is 0 Å². The summed E-state index contributed by atoms with van der Waals surface area (Å²) in [6, 6.07) is 0. The number of carbonyl (C=O) groups is 1. The van der Waals surface area contributed by atoms with Crippen LogP contribution in [0, 0.1) is 11.8 Å². The number of amides is 1. The maximum absolute atomic E-state index is 12.3. The van der Waals surface area contributed by atoms with E-state index < -0.39 is 0 Å². The zero-order chi connectivity index (χ0) is 12.1. The number of ether oxygens (including phenoxy) is 1. The average Bonchev–Trinajstić information content (AvgIpc) is 2.40. The zero-order valence-corrected chi connectivity index (χ0v) is 10.8. The maximum Gasteiger partial charge on any atom is 0.225 e. The lowest BCUT2D eigenvalue weighted by molar-refractivity contribution is -0.138. The van der Waals surface area contributed by atoms with Gasteiger partial charge in [0, 0.05) is 32.7 Å². The summed E-state index contributed by atoms with van der Waals surface area (Å²) in [4.78, 5) is 14.4. The van der Waals surface area contributed by atoms with Gasteiger partial charge in [0.15, 0.2) is 0 Å². The van der Waals surface area contributed by atoms with Crippen LogP contribution in [-0.2, 0) is 9.53 Å². The topological polar surface area (TPSA) is 41.6 Å². The Bertz CT molecular complexity index is 244. The van der Waals surface area contributed by atoms with E-state index in [0.717, 1.165) is 58.5 Å². The molecule has 0 unspecified atom stereocenters. The summed E-state index contributed by atoms with van der Waals surface area (Å²) >= 11 is 0. The molecular weight excluding hydrogens is 216 g/mol. The Morgan fingerprint density at radius 2 is 1.88 bits per heavy atom. The van der Waals surface area contributed by atoms with Crippen molar-refractivity contribution in [3.63, 3.8) is 0 Å². The second kappa shape index (κ2) is 6.36. The first-order valence-corrected chi connectivity index (χ1v) is 6.79. The second-order valence-electron chi connectivity index (χ2n) is 5.25. The molecule has 1 N–H and O–H groups in total. The van der Waals surface area contributed by atoms with E-state index >= 15 is 0 Å². The smallest absolute Gasteiger partial charge is 0.225 e. The molecule has 2 fully saturated rings. The second-order valence-corrected chi connectivity index (χ2v) is 5.25. The van der Waals surface area contributed by atoms with Crippen LogP contribution in [0.15, 0.2) is 0 Å². The molecule has 0 spiro atoms. The van der Waals surface area contributed by atoms with Gasteiger partial charge in [0.1, 0.15) is 0 Å². The van der Waals surface area contributed by atoms with Crippen molar-refractivity contribution in [1.82, 2.24) is 10.2 Å². The van der Waals surface area contributed by atoms with Crippen molar-refractivity contribution in [2.45, 2.75) is 25.7 Å². The molecule has 1 amide bonds. The Morgan fingerprint density at radius 1 is 1.24 bits per heavy atom. The molecule has 4 nitrogen and oxygen atoms in total. The first-order chi connectivity index (χ1) is 8.31. The number of likely N-dealkylation sites (tertiary alicyclic amines) is 1. The molecule has 0 radical (unpaired) electrons. The summed E-state index contributed by atoms with van der Waals surface area (Å²) in [6.07, 6.45) is 4.22. The molecular formula is C13H24N2O2. The third-order valence-electron chi connectivity index (χ3n) is 4.02. The van der Waals surface area contributed by atoms with Crippen LogP contribution in [0.4, 0.5) is 0 Å². The summed E-state index contributed by atoms with van der Waals surface area (Å²) in [5.41, 5.74) is 0. The summed E-state index contributed by atoms with van der Waals surface area (Å²) < 4.78 is 5.18. The number of hydrogen-bond acceptors (Lipinski definition) is 3. The number of methoxy groups -OCH3 is 1. The largest absolute Gasteiger partial charge is 0.384 e. The van der Waals surface area contributed by atoms with Crippen molar-refractivity contribution in [2.75, 3.05) is 39.9 Å². The summed E-state index contributed by atoms with van der Waals surface area (Å²) in [7, 11) is 1.76. The van der Waals surface area contributed by atoms with Gasteiger partial charge in [-0.15, -0.1) is 0 Å². The minimum atomic E-state index is 0.273. The molecule has 0 aromatic heterocycles. The fraction of sp³-hybridized carbons (Fsp3) is 0.923. The van der Waals surface area contributed by atoms with Crippen LogP contribution in [0.1, 0.15) is 25.7 Å². The fourth-order valence-corrected chi connectivity index (χ4v) is 2.88. The van der Waals surface area contributed by atoms with Gasteiger partial charge >= 0.3 is 0 Å². The van der Waals surface area contributed by atoms with E-state index in [-0.39, 0.29) is 5.92 Å². The molecule has 2 heterocycles. The summed E-state index contributed by atoms with van der Waals surface area (Å²) in [5, 5.41) is 3.31. The minimum absolute atomic E-state index is 0.273. The first kappa shape index (κ1) is 12.8. The SMILES string of the molecule is COCC1CCN(C(=O)C2CCNCC2)CC1. The van der Waals surface area contributed by atoms with Crippen molar-refractivity contribution in [1.29, 1.82) is 0 Å². The van der Waals surface area contributed by atoms with Gasteiger partial charge in [0.2, 0.25) is 5.91 Å². The quantitative estimate of drug-likeness (QED) is 0.796. The number of rotatable bonds is 3. The number of hydrogen-bond donors (Lipinski definition) is 1. The third-order valence-corrected chi connectivity index (χ3v) is 4.02. The highest BCUT2D eigenvalue weighted by molar-refractivity contribution is 5.79. The van der Waals surface area contributed by atoms with Gasteiger partial charge in [0.05, 0.1) is 0 Å². The van der Waals surface area contributed by atoms with Crippen LogP contribution in [0.3, 0.4) is 0 Å². The average molecular weight is 240 g/mol. The van der Waals surface area contributed by atoms with Crippen molar-refractivity contribution >= 4 is 5.91 Å². The first-order valence-electron chi connectivity index (χ1n) is 6.79. The number of nitrogens with one attached hydrogen (secondary N) is 1. The highest BCUT2D eigenvalue weighted by Gasteiger charge is 2.28. The Labute approximate surface area is 104 Å². The van der Waals surface area contributed by atoms with Crippen molar-refractivity contribution in [3.8, 4) is 0 Å². The van der Waals surface area contributed by atoms with Gasteiger partial charge < -0.3 is 15.0 Å². The Morgan fingerprint density at radius 3 is 2.47 bits per heavy atom. The maximum atomic E-state index is 12.3. The molecule has 0 atom stereocenters. The van der Waals surface area contributed by atoms with Crippen LogP contribution in [0.25, 0.3) is 0 Å². The predicted octanol–water partition coefficient (Wildman–Crippen LogP) is 0.871. The van der Waals surface area contributed by atoms with Crippen LogP contribution < -0.4 is 5.32 Å². The van der Waals surface area contributed by atoms with E-state index in [1.165, 1.54) is 0 Å². The molecule has 2 saturated heterocycles. The Kier molecular flexibility index (Phi) is 4.80. The minimum Gasteiger partial charge on any atom is -0.384 e. The molecule has 17 heavy (non-hydrogen) atoms. The molecule has 0 aromatic carbocycles. The lowest BCUT2D eigenvalue weighted by Crippen LogP contribution is -2.45. The third kappa shape index (κ3) is 3.42.